The van der Waals surface area contributed by atoms with E-state index in [1.165, 1.54) is 17.4 Å². The Kier molecular flexibility index (Phi) is 4.63. The number of Topliss-reactive ketones (excluding diaryl/α,β-unsaturated/α-hetero) is 1. The molecular formula is C25H26O. The summed E-state index contributed by atoms with van der Waals surface area (Å²) in [5.74, 6) is 0.437. The molecule has 1 aliphatic rings. The van der Waals surface area contributed by atoms with Crippen LogP contribution in [0.15, 0.2) is 72.8 Å². The van der Waals surface area contributed by atoms with Gasteiger partial charge < -0.3 is 0 Å². The van der Waals surface area contributed by atoms with Gasteiger partial charge in [-0.3, -0.25) is 4.79 Å². The van der Waals surface area contributed by atoms with Crippen molar-refractivity contribution in [1.29, 1.82) is 0 Å². The molecule has 1 nitrogen and oxygen atoms in total. The molecule has 3 aromatic carbocycles. The Labute approximate surface area is 156 Å². The maximum Gasteiger partial charge on any atom is 0.166 e. The third-order valence-corrected chi connectivity index (χ3v) is 6.13. The molecule has 0 radical (unpaired) electrons. The van der Waals surface area contributed by atoms with Crippen LogP contribution < -0.4 is 0 Å². The summed E-state index contributed by atoms with van der Waals surface area (Å²) < 4.78 is 0. The van der Waals surface area contributed by atoms with E-state index in [0.717, 1.165) is 36.6 Å². The molecule has 0 aliphatic heterocycles. The van der Waals surface area contributed by atoms with E-state index in [9.17, 15) is 4.79 Å². The molecule has 1 fully saturated rings. The minimum Gasteiger partial charge on any atom is -0.294 e. The maximum atomic E-state index is 13.4. The molecule has 1 saturated carbocycles. The molecular weight excluding hydrogens is 316 g/mol. The summed E-state index contributed by atoms with van der Waals surface area (Å²) in [4.78, 5) is 13.4. The van der Waals surface area contributed by atoms with Crippen molar-refractivity contribution in [3.8, 4) is 0 Å². The number of hydrogen-bond acceptors (Lipinski definition) is 1. The SMILES string of the molecule is C[C@@]1(Cc2ccccc2)CCCC[C@@H]1C(=O)c1ccc2ccccc2c1. The van der Waals surface area contributed by atoms with E-state index in [-0.39, 0.29) is 11.3 Å². The van der Waals surface area contributed by atoms with Gasteiger partial charge in [0.25, 0.3) is 0 Å². The lowest BCUT2D eigenvalue weighted by Gasteiger charge is -2.41. The number of benzene rings is 3. The number of rotatable bonds is 4. The van der Waals surface area contributed by atoms with E-state index in [0.29, 0.717) is 5.78 Å². The first-order valence-electron chi connectivity index (χ1n) is 9.73. The highest BCUT2D eigenvalue weighted by Gasteiger charge is 2.41. The Morgan fingerprint density at radius 1 is 0.923 bits per heavy atom. The minimum absolute atomic E-state index is 0.0440. The molecule has 0 unspecified atom stereocenters. The second-order valence-electron chi connectivity index (χ2n) is 8.04. The van der Waals surface area contributed by atoms with Crippen LogP contribution in [0, 0.1) is 11.3 Å². The van der Waals surface area contributed by atoms with Crippen LogP contribution in [0.25, 0.3) is 10.8 Å². The molecule has 1 heteroatoms. The predicted molar refractivity (Wildman–Crippen MR) is 108 cm³/mol. The lowest BCUT2D eigenvalue weighted by molar-refractivity contribution is 0.0647. The predicted octanol–water partition coefficient (Wildman–Crippen LogP) is 6.46. The Morgan fingerprint density at radius 2 is 1.65 bits per heavy atom. The van der Waals surface area contributed by atoms with Crippen LogP contribution in [0.3, 0.4) is 0 Å². The molecule has 132 valence electrons. The van der Waals surface area contributed by atoms with Gasteiger partial charge in [0, 0.05) is 11.5 Å². The van der Waals surface area contributed by atoms with E-state index >= 15 is 0 Å². The maximum absolute atomic E-state index is 13.4. The van der Waals surface area contributed by atoms with Crippen molar-refractivity contribution < 1.29 is 4.79 Å². The van der Waals surface area contributed by atoms with Gasteiger partial charge in [-0.05, 0) is 47.1 Å². The zero-order valence-corrected chi connectivity index (χ0v) is 15.4. The Hall–Kier alpha value is -2.41. The molecule has 0 amide bonds. The fourth-order valence-electron chi connectivity index (χ4n) is 4.67. The molecule has 0 aromatic heterocycles. The summed E-state index contributed by atoms with van der Waals surface area (Å²) >= 11 is 0. The first kappa shape index (κ1) is 17.0. The Balaban J connectivity index is 1.65. The van der Waals surface area contributed by atoms with Gasteiger partial charge in [-0.1, -0.05) is 86.5 Å². The van der Waals surface area contributed by atoms with E-state index in [1.54, 1.807) is 0 Å². The number of ketones is 1. The van der Waals surface area contributed by atoms with Crippen molar-refractivity contribution >= 4 is 16.6 Å². The van der Waals surface area contributed by atoms with Crippen LogP contribution >= 0.6 is 0 Å². The summed E-state index contributed by atoms with van der Waals surface area (Å²) in [7, 11) is 0. The number of hydrogen-bond donors (Lipinski definition) is 0. The third-order valence-electron chi connectivity index (χ3n) is 6.13. The summed E-state index contributed by atoms with van der Waals surface area (Å²) in [6.07, 6.45) is 5.51. The van der Waals surface area contributed by atoms with Crippen LogP contribution in [0.5, 0.6) is 0 Å². The van der Waals surface area contributed by atoms with Gasteiger partial charge in [-0.25, -0.2) is 0 Å². The molecule has 4 rings (SSSR count). The number of fused-ring (bicyclic) bond motifs is 1. The minimum atomic E-state index is 0.0440. The number of carbonyl (C=O) groups is 1. The van der Waals surface area contributed by atoms with Gasteiger partial charge in [-0.2, -0.15) is 0 Å². The first-order valence-corrected chi connectivity index (χ1v) is 9.73. The molecule has 2 atom stereocenters. The molecule has 0 bridgehead atoms. The molecule has 0 spiro atoms. The average molecular weight is 342 g/mol. The zero-order valence-electron chi connectivity index (χ0n) is 15.4. The number of carbonyl (C=O) groups excluding carboxylic acids is 1. The van der Waals surface area contributed by atoms with Crippen LogP contribution in [0.1, 0.15) is 48.5 Å². The van der Waals surface area contributed by atoms with Crippen LogP contribution in [-0.4, -0.2) is 5.78 Å². The van der Waals surface area contributed by atoms with Crippen LogP contribution in [0.2, 0.25) is 0 Å². The average Bonchev–Trinajstić information content (AvgIpc) is 2.68. The first-order chi connectivity index (χ1) is 12.7. The second-order valence-corrected chi connectivity index (χ2v) is 8.04. The van der Waals surface area contributed by atoms with Gasteiger partial charge in [0.2, 0.25) is 0 Å². The topological polar surface area (TPSA) is 17.1 Å². The summed E-state index contributed by atoms with van der Waals surface area (Å²) in [5, 5.41) is 2.35. The quantitative estimate of drug-likeness (QED) is 0.497. The van der Waals surface area contributed by atoms with E-state index < -0.39 is 0 Å². The molecule has 0 N–H and O–H groups in total. The van der Waals surface area contributed by atoms with Crippen LogP contribution in [0.4, 0.5) is 0 Å². The van der Waals surface area contributed by atoms with E-state index in [2.05, 4.69) is 61.5 Å². The van der Waals surface area contributed by atoms with Crippen molar-refractivity contribution in [2.75, 3.05) is 0 Å². The lowest BCUT2D eigenvalue weighted by Crippen LogP contribution is -2.38. The summed E-state index contributed by atoms with van der Waals surface area (Å²) in [6, 6.07) is 25.1. The van der Waals surface area contributed by atoms with Crippen molar-refractivity contribution in [3.05, 3.63) is 83.9 Å². The normalized spacial score (nSPS) is 23.0. The molecule has 3 aromatic rings. The molecule has 0 heterocycles. The highest BCUT2D eigenvalue weighted by molar-refractivity contribution is 6.01. The van der Waals surface area contributed by atoms with E-state index in [4.69, 9.17) is 0 Å². The van der Waals surface area contributed by atoms with Gasteiger partial charge >= 0.3 is 0 Å². The molecule has 1 aliphatic carbocycles. The standard InChI is InChI=1S/C25H26O/c1-25(18-19-9-3-2-4-10-19)16-8-7-13-23(25)24(26)22-15-14-20-11-5-6-12-21(20)17-22/h2-6,9-12,14-15,17,23H,7-8,13,16,18H2,1H3/t23-,25+/m1/s1. The van der Waals surface area contributed by atoms with Crippen molar-refractivity contribution in [2.24, 2.45) is 11.3 Å². The summed E-state index contributed by atoms with van der Waals surface area (Å²) in [6.45, 7) is 2.32. The Morgan fingerprint density at radius 3 is 2.46 bits per heavy atom. The molecule has 0 saturated heterocycles. The highest BCUT2D eigenvalue weighted by Crippen LogP contribution is 2.45. The third kappa shape index (κ3) is 3.31. The zero-order chi connectivity index (χ0) is 18.0. The fourth-order valence-corrected chi connectivity index (χ4v) is 4.67. The second kappa shape index (κ2) is 7.07. The fraction of sp³-hybridized carbons (Fsp3) is 0.320. The van der Waals surface area contributed by atoms with E-state index in [1.807, 2.05) is 18.2 Å². The Bertz CT molecular complexity index is 912. The van der Waals surface area contributed by atoms with Crippen molar-refractivity contribution in [3.63, 3.8) is 0 Å². The van der Waals surface area contributed by atoms with Gasteiger partial charge in [0.15, 0.2) is 5.78 Å². The van der Waals surface area contributed by atoms with Crippen molar-refractivity contribution in [2.45, 2.75) is 39.0 Å². The molecule has 26 heavy (non-hydrogen) atoms. The van der Waals surface area contributed by atoms with Gasteiger partial charge in [0.05, 0.1) is 0 Å². The van der Waals surface area contributed by atoms with Gasteiger partial charge in [-0.15, -0.1) is 0 Å². The van der Waals surface area contributed by atoms with Gasteiger partial charge in [0.1, 0.15) is 0 Å². The van der Waals surface area contributed by atoms with Crippen molar-refractivity contribution in [1.82, 2.24) is 0 Å². The lowest BCUT2D eigenvalue weighted by atomic mass is 9.62. The largest absolute Gasteiger partial charge is 0.294 e. The monoisotopic (exact) mass is 342 g/mol. The summed E-state index contributed by atoms with van der Waals surface area (Å²) in [5.41, 5.74) is 2.26. The smallest absolute Gasteiger partial charge is 0.166 e. The van der Waals surface area contributed by atoms with Crippen LogP contribution in [-0.2, 0) is 6.42 Å². The highest BCUT2D eigenvalue weighted by atomic mass is 16.1.